The van der Waals surface area contributed by atoms with Crippen LogP contribution in [0.1, 0.15) is 6.42 Å². The van der Waals surface area contributed by atoms with Gasteiger partial charge in [0, 0.05) is 4.91 Å². The van der Waals surface area contributed by atoms with Crippen molar-refractivity contribution in [1.82, 2.24) is 4.90 Å². The van der Waals surface area contributed by atoms with Gasteiger partial charge in [-0.3, -0.25) is 9.69 Å². The van der Waals surface area contributed by atoms with E-state index in [1.165, 1.54) is 16.7 Å². The van der Waals surface area contributed by atoms with Crippen LogP contribution in [0, 0.1) is 0 Å². The number of rotatable bonds is 5. The summed E-state index contributed by atoms with van der Waals surface area (Å²) < 4.78 is 5.21. The molecule has 90 valence electrons. The second-order valence-electron chi connectivity index (χ2n) is 3.28. The van der Waals surface area contributed by atoms with Crippen LogP contribution in [0.15, 0.2) is 15.9 Å². The van der Waals surface area contributed by atoms with E-state index in [0.717, 1.165) is 0 Å². The minimum Gasteiger partial charge on any atom is -0.485 e. The number of carbonyl (C=O) groups excluding carboxylic acids is 1. The second kappa shape index (κ2) is 4.56. The molecule has 0 radical (unpaired) electrons. The average molecular weight is 256 g/mol. The standard InChI is InChI=1S/C8H8N4O4S/c9-11-10-1-2-16-8-6(7(14)15)12-4(13)3-5(12)17-8/h5H,1-3H2,(H,14,15)/t5-/m1/s1. The molecule has 0 aromatic rings. The van der Waals surface area contributed by atoms with Crippen LogP contribution >= 0.6 is 11.8 Å². The van der Waals surface area contributed by atoms with Gasteiger partial charge in [-0.1, -0.05) is 16.9 Å². The van der Waals surface area contributed by atoms with Gasteiger partial charge in [-0.05, 0) is 5.53 Å². The molecule has 8 nitrogen and oxygen atoms in total. The molecule has 0 bridgehead atoms. The molecule has 17 heavy (non-hydrogen) atoms. The van der Waals surface area contributed by atoms with Gasteiger partial charge in [0.15, 0.2) is 10.8 Å². The molecule has 0 unspecified atom stereocenters. The summed E-state index contributed by atoms with van der Waals surface area (Å²) in [5.74, 6) is -1.40. The Hall–Kier alpha value is -1.86. The van der Waals surface area contributed by atoms with Gasteiger partial charge in [0.1, 0.15) is 0 Å². The van der Waals surface area contributed by atoms with Crippen molar-refractivity contribution in [1.29, 1.82) is 0 Å². The number of β-lactam (4-membered cyclic amide) rings is 1. The molecule has 9 heteroatoms. The van der Waals surface area contributed by atoms with Crippen LogP contribution in [0.4, 0.5) is 0 Å². The Balaban J connectivity index is 2.06. The Labute approximate surface area is 99.8 Å². The molecule has 1 amide bonds. The third-order valence-corrected chi connectivity index (χ3v) is 3.45. The summed E-state index contributed by atoms with van der Waals surface area (Å²) in [6, 6.07) is 0. The zero-order valence-corrected chi connectivity index (χ0v) is 9.38. The maximum atomic E-state index is 11.2. The van der Waals surface area contributed by atoms with Crippen molar-refractivity contribution in [2.75, 3.05) is 13.2 Å². The monoisotopic (exact) mass is 256 g/mol. The summed E-state index contributed by atoms with van der Waals surface area (Å²) in [6.07, 6.45) is 0.324. The number of amides is 1. The lowest BCUT2D eigenvalue weighted by Crippen LogP contribution is -2.48. The number of hydrogen-bond acceptors (Lipinski definition) is 5. The first kappa shape index (κ1) is 11.6. The summed E-state index contributed by atoms with van der Waals surface area (Å²) in [4.78, 5) is 26.0. The molecular weight excluding hydrogens is 248 g/mol. The first-order valence-electron chi connectivity index (χ1n) is 4.75. The van der Waals surface area contributed by atoms with Crippen LogP contribution in [0.2, 0.25) is 0 Å². The number of fused-ring (bicyclic) bond motifs is 1. The normalized spacial score (nSPS) is 21.8. The van der Waals surface area contributed by atoms with Crippen molar-refractivity contribution >= 4 is 23.6 Å². The van der Waals surface area contributed by atoms with Crippen molar-refractivity contribution in [2.45, 2.75) is 11.8 Å². The van der Waals surface area contributed by atoms with Gasteiger partial charge < -0.3 is 9.84 Å². The molecule has 2 rings (SSSR count). The predicted molar refractivity (Wildman–Crippen MR) is 57.5 cm³/mol. The van der Waals surface area contributed by atoms with Crippen LogP contribution in [0.5, 0.6) is 0 Å². The van der Waals surface area contributed by atoms with Gasteiger partial charge in [0.05, 0.1) is 24.9 Å². The van der Waals surface area contributed by atoms with E-state index in [0.29, 0.717) is 6.42 Å². The van der Waals surface area contributed by atoms with Gasteiger partial charge in [-0.25, -0.2) is 4.79 Å². The number of hydrogen-bond donors (Lipinski definition) is 1. The lowest BCUT2D eigenvalue weighted by Gasteiger charge is -2.33. The smallest absolute Gasteiger partial charge is 0.357 e. The third-order valence-electron chi connectivity index (χ3n) is 2.27. The highest BCUT2D eigenvalue weighted by Gasteiger charge is 2.49. The van der Waals surface area contributed by atoms with E-state index >= 15 is 0 Å². The second-order valence-corrected chi connectivity index (χ2v) is 4.44. The van der Waals surface area contributed by atoms with E-state index in [9.17, 15) is 9.59 Å². The van der Waals surface area contributed by atoms with Gasteiger partial charge in [-0.15, -0.1) is 0 Å². The Morgan fingerprint density at radius 1 is 1.76 bits per heavy atom. The van der Waals surface area contributed by atoms with Crippen LogP contribution < -0.4 is 0 Å². The molecule has 1 atom stereocenters. The summed E-state index contributed by atoms with van der Waals surface area (Å²) >= 11 is 1.21. The van der Waals surface area contributed by atoms with Crippen LogP contribution in [0.25, 0.3) is 10.4 Å². The van der Waals surface area contributed by atoms with E-state index < -0.39 is 5.97 Å². The molecule has 1 fully saturated rings. The van der Waals surface area contributed by atoms with E-state index in [2.05, 4.69) is 10.0 Å². The number of carboxylic acid groups (broad SMARTS) is 1. The third kappa shape index (κ3) is 2.02. The van der Waals surface area contributed by atoms with Crippen molar-refractivity contribution in [2.24, 2.45) is 5.11 Å². The molecule has 0 saturated carbocycles. The van der Waals surface area contributed by atoms with Crippen LogP contribution in [-0.2, 0) is 14.3 Å². The van der Waals surface area contributed by atoms with Crippen molar-refractivity contribution in [3.63, 3.8) is 0 Å². The fourth-order valence-corrected chi connectivity index (χ4v) is 2.79. The molecule has 0 aromatic heterocycles. The fraction of sp³-hybridized carbons (Fsp3) is 0.500. The SMILES string of the molecule is [N-]=[N+]=NCCOC1=C(C(=O)O)N2C(=O)C[C@H]2S1. The summed E-state index contributed by atoms with van der Waals surface area (Å²) in [5, 5.41) is 12.3. The van der Waals surface area contributed by atoms with Gasteiger partial charge in [0.2, 0.25) is 5.91 Å². The molecule has 1 N–H and O–H groups in total. The topological polar surface area (TPSA) is 116 Å². The number of nitrogens with zero attached hydrogens (tertiary/aromatic N) is 4. The van der Waals surface area contributed by atoms with Crippen molar-refractivity contribution in [3.05, 3.63) is 21.2 Å². The molecule has 2 aliphatic heterocycles. The van der Waals surface area contributed by atoms with Crippen LogP contribution in [-0.4, -0.2) is 40.4 Å². The van der Waals surface area contributed by atoms with E-state index in [-0.39, 0.29) is 35.2 Å². The lowest BCUT2D eigenvalue weighted by molar-refractivity contribution is -0.145. The quantitative estimate of drug-likeness (QED) is 0.257. The number of thioether (sulfide) groups is 1. The number of ether oxygens (including phenoxy) is 1. The molecule has 2 aliphatic rings. The Kier molecular flexibility index (Phi) is 3.12. The largest absolute Gasteiger partial charge is 0.485 e. The number of aliphatic carboxylic acids is 1. The van der Waals surface area contributed by atoms with E-state index in [4.69, 9.17) is 15.4 Å². The van der Waals surface area contributed by atoms with Gasteiger partial charge >= 0.3 is 5.97 Å². The van der Waals surface area contributed by atoms with Gasteiger partial charge in [-0.2, -0.15) is 0 Å². The maximum Gasteiger partial charge on any atom is 0.357 e. The number of carbonyl (C=O) groups is 2. The number of carboxylic acids is 1. The summed E-state index contributed by atoms with van der Waals surface area (Å²) in [7, 11) is 0. The zero-order valence-electron chi connectivity index (χ0n) is 8.57. The van der Waals surface area contributed by atoms with E-state index in [1.54, 1.807) is 0 Å². The minimum atomic E-state index is -1.19. The Morgan fingerprint density at radius 2 is 2.53 bits per heavy atom. The first-order valence-corrected chi connectivity index (χ1v) is 5.63. The highest BCUT2D eigenvalue weighted by molar-refractivity contribution is 8.03. The van der Waals surface area contributed by atoms with Crippen molar-refractivity contribution in [3.8, 4) is 0 Å². The molecule has 2 heterocycles. The molecule has 0 spiro atoms. The number of azide groups is 1. The molecule has 1 saturated heterocycles. The molecule has 0 aromatic carbocycles. The Bertz CT molecular complexity index is 456. The zero-order chi connectivity index (χ0) is 12.4. The summed E-state index contributed by atoms with van der Waals surface area (Å²) in [6.45, 7) is 0.212. The Morgan fingerprint density at radius 3 is 3.12 bits per heavy atom. The average Bonchev–Trinajstić information content (AvgIpc) is 2.57. The van der Waals surface area contributed by atoms with Crippen molar-refractivity contribution < 1.29 is 19.4 Å². The molecular formula is C8H8N4O4S. The van der Waals surface area contributed by atoms with E-state index in [1.807, 2.05) is 0 Å². The first-order chi connectivity index (χ1) is 8.15. The molecule has 0 aliphatic carbocycles. The van der Waals surface area contributed by atoms with Crippen LogP contribution in [0.3, 0.4) is 0 Å². The van der Waals surface area contributed by atoms with Gasteiger partial charge in [0.25, 0.3) is 0 Å². The highest BCUT2D eigenvalue weighted by Crippen LogP contribution is 2.46. The predicted octanol–water partition coefficient (Wildman–Crippen LogP) is 0.872. The lowest BCUT2D eigenvalue weighted by atomic mass is 10.2. The summed E-state index contributed by atoms with van der Waals surface area (Å²) in [5.41, 5.74) is 7.95. The minimum absolute atomic E-state index is 0.0952. The highest BCUT2D eigenvalue weighted by atomic mass is 32.2. The maximum absolute atomic E-state index is 11.2. The fourth-order valence-electron chi connectivity index (χ4n) is 1.54.